The average molecular weight is 576 g/mol. The lowest BCUT2D eigenvalue weighted by molar-refractivity contribution is -0.194. The average Bonchev–Trinajstić information content (AvgIpc) is 2.93. The topological polar surface area (TPSA) is 94.1 Å². The lowest BCUT2D eigenvalue weighted by Gasteiger charge is -2.44. The number of aliphatic hydroxyl groups is 1. The van der Waals surface area contributed by atoms with Crippen LogP contribution in [0.1, 0.15) is 112 Å². The van der Waals surface area contributed by atoms with Gasteiger partial charge in [0, 0.05) is 25.5 Å². The molecule has 3 rings (SSSR count). The summed E-state index contributed by atoms with van der Waals surface area (Å²) in [6.07, 6.45) is 13.8. The molecule has 1 fully saturated rings. The normalized spacial score (nSPS) is 29.7. The van der Waals surface area contributed by atoms with E-state index < -0.39 is 17.6 Å². The molecule has 0 aromatic rings. The first-order valence-corrected chi connectivity index (χ1v) is 16.4. The first-order valence-electron chi connectivity index (χ1n) is 16.4. The molecule has 0 aromatic carbocycles. The Morgan fingerprint density at radius 2 is 2.00 bits per heavy atom. The van der Waals surface area contributed by atoms with E-state index in [1.165, 1.54) is 5.57 Å². The summed E-state index contributed by atoms with van der Waals surface area (Å²) >= 11 is 0. The third-order valence-corrected chi connectivity index (χ3v) is 9.41. The Kier molecular flexibility index (Phi) is 13.4. The van der Waals surface area contributed by atoms with Crippen molar-refractivity contribution in [1.29, 1.82) is 0 Å². The maximum absolute atomic E-state index is 13.1. The standard InChI is InChI=1S/C34H57NO6/c1-7-9-17-35-30(37)22-27(40-31-12-10-11-18-39-31)21-26(36)15-16-28-24(4)13-14-25-19-23(3)20-29(32(25)28)41-33(38)34(5,6)8-2/h13-14,19,23-24,26-29,31-32,36H,7-12,15-18,20-22H2,1-6H3,(H,35,37)/t23-,24-,26+,27+,28-,29-,31?,32-/m0/s1. The van der Waals surface area contributed by atoms with Crippen molar-refractivity contribution in [2.75, 3.05) is 13.2 Å². The summed E-state index contributed by atoms with van der Waals surface area (Å²) in [7, 11) is 0. The lowest BCUT2D eigenvalue weighted by atomic mass is 9.65. The van der Waals surface area contributed by atoms with Crippen LogP contribution in [0.5, 0.6) is 0 Å². The molecular weight excluding hydrogens is 518 g/mol. The number of carbonyl (C=O) groups excluding carboxylic acids is 2. The minimum Gasteiger partial charge on any atom is -0.461 e. The molecule has 0 saturated carbocycles. The molecule has 0 aromatic heterocycles. The van der Waals surface area contributed by atoms with Crippen LogP contribution in [0.15, 0.2) is 23.8 Å². The van der Waals surface area contributed by atoms with Crippen LogP contribution in [0.25, 0.3) is 0 Å². The highest BCUT2D eigenvalue weighted by atomic mass is 16.7. The minimum absolute atomic E-state index is 0.0386. The lowest BCUT2D eigenvalue weighted by Crippen LogP contribution is -2.43. The summed E-state index contributed by atoms with van der Waals surface area (Å²) in [4.78, 5) is 25.7. The molecule has 41 heavy (non-hydrogen) atoms. The van der Waals surface area contributed by atoms with Gasteiger partial charge in [0.25, 0.3) is 0 Å². The fraction of sp³-hybridized carbons (Fsp3) is 0.824. The largest absolute Gasteiger partial charge is 0.461 e. The molecule has 7 heteroatoms. The number of hydrogen-bond acceptors (Lipinski definition) is 6. The second-order valence-electron chi connectivity index (χ2n) is 13.4. The molecule has 1 saturated heterocycles. The number of unbranched alkanes of at least 4 members (excludes halogenated alkanes) is 1. The van der Waals surface area contributed by atoms with Crippen LogP contribution in [-0.4, -0.2) is 54.7 Å². The molecule has 1 aliphatic heterocycles. The van der Waals surface area contributed by atoms with Crippen molar-refractivity contribution in [1.82, 2.24) is 5.32 Å². The molecule has 1 unspecified atom stereocenters. The van der Waals surface area contributed by atoms with E-state index in [2.05, 4.69) is 44.3 Å². The maximum Gasteiger partial charge on any atom is 0.311 e. The van der Waals surface area contributed by atoms with E-state index in [1.54, 1.807) is 0 Å². The van der Waals surface area contributed by atoms with Gasteiger partial charge in [-0.15, -0.1) is 0 Å². The number of allylic oxidation sites excluding steroid dienone is 3. The van der Waals surface area contributed by atoms with Crippen molar-refractivity contribution in [2.45, 2.75) is 137 Å². The number of hydrogen-bond donors (Lipinski definition) is 2. The van der Waals surface area contributed by atoms with Crippen LogP contribution >= 0.6 is 0 Å². The van der Waals surface area contributed by atoms with Crippen LogP contribution < -0.4 is 5.32 Å². The maximum atomic E-state index is 13.1. The predicted molar refractivity (Wildman–Crippen MR) is 162 cm³/mol. The first-order chi connectivity index (χ1) is 19.5. The summed E-state index contributed by atoms with van der Waals surface area (Å²) < 4.78 is 18.3. The van der Waals surface area contributed by atoms with Crippen LogP contribution in [-0.2, 0) is 23.8 Å². The number of carbonyl (C=O) groups is 2. The summed E-state index contributed by atoms with van der Waals surface area (Å²) in [6.45, 7) is 13.8. The molecule has 3 aliphatic rings. The molecule has 234 valence electrons. The molecule has 0 radical (unpaired) electrons. The summed E-state index contributed by atoms with van der Waals surface area (Å²) in [5.74, 6) is 0.878. The van der Waals surface area contributed by atoms with E-state index in [0.29, 0.717) is 37.8 Å². The number of aliphatic hydroxyl groups excluding tert-OH is 1. The second kappa shape index (κ2) is 16.2. The number of nitrogens with one attached hydrogen (secondary N) is 1. The van der Waals surface area contributed by atoms with E-state index in [1.807, 2.05) is 20.8 Å². The van der Waals surface area contributed by atoms with Gasteiger partial charge in [-0.1, -0.05) is 52.3 Å². The summed E-state index contributed by atoms with van der Waals surface area (Å²) in [5.41, 5.74) is 0.750. The molecule has 8 atom stereocenters. The van der Waals surface area contributed by atoms with Crippen molar-refractivity contribution in [3.05, 3.63) is 23.8 Å². The third kappa shape index (κ3) is 10.2. The molecular formula is C34H57NO6. The first kappa shape index (κ1) is 33.8. The molecule has 1 amide bonds. The molecule has 1 heterocycles. The number of ether oxygens (including phenoxy) is 3. The Morgan fingerprint density at radius 3 is 2.68 bits per heavy atom. The van der Waals surface area contributed by atoms with Crippen molar-refractivity contribution < 1.29 is 28.9 Å². The number of esters is 1. The summed E-state index contributed by atoms with van der Waals surface area (Å²) in [5, 5.41) is 14.2. The summed E-state index contributed by atoms with van der Waals surface area (Å²) in [6, 6.07) is 0. The Balaban J connectivity index is 1.66. The van der Waals surface area contributed by atoms with E-state index in [9.17, 15) is 14.7 Å². The number of amides is 1. The molecule has 2 aliphatic carbocycles. The minimum atomic E-state index is -0.597. The fourth-order valence-corrected chi connectivity index (χ4v) is 6.37. The zero-order valence-electron chi connectivity index (χ0n) is 26.5. The number of rotatable bonds is 15. The second-order valence-corrected chi connectivity index (χ2v) is 13.4. The van der Waals surface area contributed by atoms with Gasteiger partial charge in [0.1, 0.15) is 6.10 Å². The van der Waals surface area contributed by atoms with Crippen molar-refractivity contribution in [2.24, 2.45) is 29.1 Å². The van der Waals surface area contributed by atoms with Gasteiger partial charge in [0.2, 0.25) is 5.91 Å². The zero-order chi connectivity index (χ0) is 30.0. The van der Waals surface area contributed by atoms with E-state index >= 15 is 0 Å². The van der Waals surface area contributed by atoms with Gasteiger partial charge in [0.05, 0.1) is 24.0 Å². The van der Waals surface area contributed by atoms with Crippen LogP contribution in [0.4, 0.5) is 0 Å². The highest BCUT2D eigenvalue weighted by Crippen LogP contribution is 2.45. The molecule has 2 N–H and O–H groups in total. The molecule has 0 bridgehead atoms. The van der Waals surface area contributed by atoms with Crippen LogP contribution in [0.3, 0.4) is 0 Å². The number of fused-ring (bicyclic) bond motifs is 1. The van der Waals surface area contributed by atoms with Gasteiger partial charge in [-0.2, -0.15) is 0 Å². The van der Waals surface area contributed by atoms with E-state index in [4.69, 9.17) is 14.2 Å². The van der Waals surface area contributed by atoms with Crippen molar-refractivity contribution in [3.63, 3.8) is 0 Å². The van der Waals surface area contributed by atoms with Gasteiger partial charge in [-0.25, -0.2) is 0 Å². The monoisotopic (exact) mass is 575 g/mol. The Hall–Kier alpha value is -1.70. The fourth-order valence-electron chi connectivity index (χ4n) is 6.37. The zero-order valence-corrected chi connectivity index (χ0v) is 26.5. The van der Waals surface area contributed by atoms with Gasteiger partial charge >= 0.3 is 5.97 Å². The van der Waals surface area contributed by atoms with E-state index in [0.717, 1.165) is 51.4 Å². The van der Waals surface area contributed by atoms with Crippen LogP contribution in [0, 0.1) is 29.1 Å². The van der Waals surface area contributed by atoms with Crippen molar-refractivity contribution >= 4 is 11.9 Å². The van der Waals surface area contributed by atoms with Gasteiger partial charge in [0.15, 0.2) is 6.29 Å². The Morgan fingerprint density at radius 1 is 1.22 bits per heavy atom. The van der Waals surface area contributed by atoms with Gasteiger partial charge < -0.3 is 24.6 Å². The van der Waals surface area contributed by atoms with E-state index in [-0.39, 0.29) is 42.5 Å². The van der Waals surface area contributed by atoms with Gasteiger partial charge in [-0.05, 0) is 88.5 Å². The van der Waals surface area contributed by atoms with Gasteiger partial charge in [-0.3, -0.25) is 9.59 Å². The highest BCUT2D eigenvalue weighted by Gasteiger charge is 2.43. The molecule has 0 spiro atoms. The van der Waals surface area contributed by atoms with Crippen LogP contribution in [0.2, 0.25) is 0 Å². The highest BCUT2D eigenvalue weighted by molar-refractivity contribution is 5.76. The third-order valence-electron chi connectivity index (χ3n) is 9.41. The Bertz CT molecular complexity index is 892. The SMILES string of the molecule is CCCCNC(=O)C[C@@H](C[C@H](O)CC[C@@H]1[C@@H]2C(=C[C@H](C)C[C@@H]2OC(=O)C(C)(C)CC)C=C[C@@H]1C)OC1CCCCO1. The smallest absolute Gasteiger partial charge is 0.311 e. The van der Waals surface area contributed by atoms with Crippen molar-refractivity contribution in [3.8, 4) is 0 Å². The Labute approximate surface area is 248 Å². The predicted octanol–water partition coefficient (Wildman–Crippen LogP) is 6.49. The quantitative estimate of drug-likeness (QED) is 0.171. The molecule has 7 nitrogen and oxygen atoms in total.